The third-order valence-electron chi connectivity index (χ3n) is 2.42. The molecular weight excluding hydrogens is 230 g/mol. The predicted molar refractivity (Wildman–Crippen MR) is 66.5 cm³/mol. The molecule has 0 fully saturated rings. The third-order valence-corrected chi connectivity index (χ3v) is 2.42. The van der Waals surface area contributed by atoms with E-state index < -0.39 is 0 Å². The lowest BCUT2D eigenvalue weighted by Gasteiger charge is -2.05. The van der Waals surface area contributed by atoms with E-state index in [9.17, 15) is 4.79 Å². The van der Waals surface area contributed by atoms with Gasteiger partial charge in [0, 0.05) is 19.2 Å². The minimum atomic E-state index is -0.0395. The van der Waals surface area contributed by atoms with E-state index in [0.717, 1.165) is 11.3 Å². The molecule has 0 spiro atoms. The SMILES string of the molecule is O=C(CNCc1ccon1)NCc1ccccc1. The molecule has 0 aliphatic heterocycles. The molecule has 18 heavy (non-hydrogen) atoms. The Morgan fingerprint density at radius 2 is 2.00 bits per heavy atom. The molecule has 0 aliphatic carbocycles. The number of aromatic nitrogens is 1. The van der Waals surface area contributed by atoms with Crippen LogP contribution in [-0.4, -0.2) is 17.6 Å². The van der Waals surface area contributed by atoms with Gasteiger partial charge < -0.3 is 15.2 Å². The molecule has 1 amide bonds. The highest BCUT2D eigenvalue weighted by Gasteiger charge is 2.01. The number of benzene rings is 1. The van der Waals surface area contributed by atoms with E-state index in [1.807, 2.05) is 30.3 Å². The maximum atomic E-state index is 11.5. The summed E-state index contributed by atoms with van der Waals surface area (Å²) in [7, 11) is 0. The van der Waals surface area contributed by atoms with Crippen LogP contribution in [0.25, 0.3) is 0 Å². The van der Waals surface area contributed by atoms with Crippen LogP contribution in [0.2, 0.25) is 0 Å². The summed E-state index contributed by atoms with van der Waals surface area (Å²) in [6.07, 6.45) is 1.51. The molecule has 0 atom stereocenters. The van der Waals surface area contributed by atoms with Gasteiger partial charge in [0.25, 0.3) is 0 Å². The molecule has 2 N–H and O–H groups in total. The standard InChI is InChI=1S/C13H15N3O2/c17-13(10-14-9-12-6-7-18-16-12)15-8-11-4-2-1-3-5-11/h1-7,14H,8-10H2,(H,15,17). The second-order valence-corrected chi connectivity index (χ2v) is 3.86. The Bertz CT molecular complexity index is 468. The fourth-order valence-corrected chi connectivity index (χ4v) is 1.49. The topological polar surface area (TPSA) is 67.2 Å². The van der Waals surface area contributed by atoms with E-state index in [1.54, 1.807) is 6.07 Å². The largest absolute Gasteiger partial charge is 0.364 e. The van der Waals surface area contributed by atoms with Crippen molar-refractivity contribution < 1.29 is 9.32 Å². The van der Waals surface area contributed by atoms with Crippen molar-refractivity contribution in [1.29, 1.82) is 0 Å². The van der Waals surface area contributed by atoms with E-state index in [-0.39, 0.29) is 12.5 Å². The zero-order chi connectivity index (χ0) is 12.6. The normalized spacial score (nSPS) is 10.2. The molecule has 94 valence electrons. The van der Waals surface area contributed by atoms with Gasteiger partial charge in [0.15, 0.2) is 0 Å². The summed E-state index contributed by atoms with van der Waals surface area (Å²) in [5.41, 5.74) is 1.87. The van der Waals surface area contributed by atoms with Crippen LogP contribution in [0.15, 0.2) is 47.2 Å². The number of carbonyl (C=O) groups excluding carboxylic acids is 1. The highest BCUT2D eigenvalue weighted by molar-refractivity contribution is 5.77. The molecule has 0 unspecified atom stereocenters. The van der Waals surface area contributed by atoms with Crippen LogP contribution in [0.4, 0.5) is 0 Å². The molecule has 1 aromatic heterocycles. The first-order valence-corrected chi connectivity index (χ1v) is 5.75. The van der Waals surface area contributed by atoms with Crippen molar-refractivity contribution in [3.8, 4) is 0 Å². The molecular formula is C13H15N3O2. The molecule has 0 aliphatic rings. The van der Waals surface area contributed by atoms with E-state index in [0.29, 0.717) is 13.1 Å². The Morgan fingerprint density at radius 1 is 1.17 bits per heavy atom. The lowest BCUT2D eigenvalue weighted by Crippen LogP contribution is -2.33. The van der Waals surface area contributed by atoms with Gasteiger partial charge in [0.05, 0.1) is 12.2 Å². The molecule has 2 aromatic rings. The van der Waals surface area contributed by atoms with Gasteiger partial charge in [0.1, 0.15) is 6.26 Å². The third kappa shape index (κ3) is 4.03. The number of hydrogen-bond acceptors (Lipinski definition) is 4. The van der Waals surface area contributed by atoms with Gasteiger partial charge in [-0.1, -0.05) is 35.5 Å². The van der Waals surface area contributed by atoms with Gasteiger partial charge in [-0.05, 0) is 5.56 Å². The first-order chi connectivity index (χ1) is 8.84. The molecule has 0 bridgehead atoms. The van der Waals surface area contributed by atoms with Crippen LogP contribution in [-0.2, 0) is 17.9 Å². The maximum Gasteiger partial charge on any atom is 0.234 e. The monoisotopic (exact) mass is 245 g/mol. The van der Waals surface area contributed by atoms with Gasteiger partial charge in [-0.25, -0.2) is 0 Å². The van der Waals surface area contributed by atoms with Crippen molar-refractivity contribution in [2.75, 3.05) is 6.54 Å². The highest BCUT2D eigenvalue weighted by atomic mass is 16.5. The van der Waals surface area contributed by atoms with Crippen molar-refractivity contribution in [1.82, 2.24) is 15.8 Å². The summed E-state index contributed by atoms with van der Waals surface area (Å²) in [4.78, 5) is 11.5. The van der Waals surface area contributed by atoms with Gasteiger partial charge in [-0.3, -0.25) is 4.79 Å². The number of hydrogen-bond donors (Lipinski definition) is 2. The van der Waals surface area contributed by atoms with E-state index in [2.05, 4.69) is 20.3 Å². The number of nitrogens with one attached hydrogen (secondary N) is 2. The van der Waals surface area contributed by atoms with E-state index >= 15 is 0 Å². The summed E-state index contributed by atoms with van der Waals surface area (Å²) in [6.45, 7) is 1.33. The van der Waals surface area contributed by atoms with Crippen LogP contribution in [0.3, 0.4) is 0 Å². The molecule has 0 saturated carbocycles. The summed E-state index contributed by atoms with van der Waals surface area (Å²) >= 11 is 0. The Kier molecular flexibility index (Phi) is 4.49. The van der Waals surface area contributed by atoms with Gasteiger partial charge >= 0.3 is 0 Å². The second kappa shape index (κ2) is 6.56. The van der Waals surface area contributed by atoms with Crippen molar-refractivity contribution in [3.05, 3.63) is 53.9 Å². The van der Waals surface area contributed by atoms with Crippen LogP contribution < -0.4 is 10.6 Å². The molecule has 2 rings (SSSR count). The van der Waals surface area contributed by atoms with Crippen LogP contribution >= 0.6 is 0 Å². The van der Waals surface area contributed by atoms with Crippen LogP contribution in [0, 0.1) is 0 Å². The lowest BCUT2D eigenvalue weighted by molar-refractivity contribution is -0.120. The van der Waals surface area contributed by atoms with Gasteiger partial charge in [-0.2, -0.15) is 0 Å². The fourth-order valence-electron chi connectivity index (χ4n) is 1.49. The molecule has 5 heteroatoms. The highest BCUT2D eigenvalue weighted by Crippen LogP contribution is 1.96. The van der Waals surface area contributed by atoms with Gasteiger partial charge in [0.2, 0.25) is 5.91 Å². The zero-order valence-electron chi connectivity index (χ0n) is 9.93. The van der Waals surface area contributed by atoms with E-state index in [1.165, 1.54) is 6.26 Å². The molecule has 0 saturated heterocycles. The van der Waals surface area contributed by atoms with Crippen molar-refractivity contribution in [2.24, 2.45) is 0 Å². The summed E-state index contributed by atoms with van der Waals surface area (Å²) < 4.78 is 4.69. The lowest BCUT2D eigenvalue weighted by atomic mass is 10.2. The minimum Gasteiger partial charge on any atom is -0.364 e. The first kappa shape index (κ1) is 12.3. The summed E-state index contributed by atoms with van der Waals surface area (Å²) in [6, 6.07) is 11.6. The van der Waals surface area contributed by atoms with Crippen LogP contribution in [0.5, 0.6) is 0 Å². The van der Waals surface area contributed by atoms with Gasteiger partial charge in [-0.15, -0.1) is 0 Å². The second-order valence-electron chi connectivity index (χ2n) is 3.86. The molecule has 1 aromatic carbocycles. The number of rotatable bonds is 6. The average Bonchev–Trinajstić information content (AvgIpc) is 2.91. The first-order valence-electron chi connectivity index (χ1n) is 5.75. The molecule has 0 radical (unpaired) electrons. The zero-order valence-corrected chi connectivity index (χ0v) is 9.93. The predicted octanol–water partition coefficient (Wildman–Crippen LogP) is 1.08. The number of nitrogens with zero attached hydrogens (tertiary/aromatic N) is 1. The Morgan fingerprint density at radius 3 is 2.72 bits per heavy atom. The fraction of sp³-hybridized carbons (Fsp3) is 0.231. The Hall–Kier alpha value is -2.14. The number of amides is 1. The quantitative estimate of drug-likeness (QED) is 0.799. The van der Waals surface area contributed by atoms with Crippen molar-refractivity contribution in [2.45, 2.75) is 13.1 Å². The number of carbonyl (C=O) groups is 1. The summed E-state index contributed by atoms with van der Waals surface area (Å²) in [5, 5.41) is 9.56. The van der Waals surface area contributed by atoms with Crippen LogP contribution in [0.1, 0.15) is 11.3 Å². The van der Waals surface area contributed by atoms with Crippen molar-refractivity contribution in [3.63, 3.8) is 0 Å². The maximum absolute atomic E-state index is 11.5. The minimum absolute atomic E-state index is 0.0395. The van der Waals surface area contributed by atoms with Crippen molar-refractivity contribution >= 4 is 5.91 Å². The molecule has 1 heterocycles. The average molecular weight is 245 g/mol. The summed E-state index contributed by atoms with van der Waals surface area (Å²) in [5.74, 6) is -0.0395. The van der Waals surface area contributed by atoms with E-state index in [4.69, 9.17) is 0 Å². The molecule has 5 nitrogen and oxygen atoms in total. The Labute approximate surface area is 105 Å². The smallest absolute Gasteiger partial charge is 0.234 e. The Balaban J connectivity index is 1.63.